The van der Waals surface area contributed by atoms with Gasteiger partial charge in [-0.15, -0.1) is 0 Å². The number of rotatable bonds is 8. The minimum Gasteiger partial charge on any atom is -0.337 e. The summed E-state index contributed by atoms with van der Waals surface area (Å²) >= 11 is 12.1. The Hall–Kier alpha value is -1.59. The fraction of sp³-hybridized carbons (Fsp3) is 0.409. The molecule has 2 rings (SSSR count). The van der Waals surface area contributed by atoms with Crippen molar-refractivity contribution in [1.29, 1.82) is 0 Å². The van der Waals surface area contributed by atoms with Crippen LogP contribution >= 0.6 is 23.2 Å². The molecule has 152 valence electrons. The second kappa shape index (κ2) is 10.8. The number of allylic oxidation sites excluding steroid dienone is 3. The number of amides is 1. The molecule has 28 heavy (non-hydrogen) atoms. The maximum atomic E-state index is 13.0. The first-order valence-electron chi connectivity index (χ1n) is 9.47. The predicted octanol–water partition coefficient (Wildman–Crippen LogP) is 4.08. The van der Waals surface area contributed by atoms with E-state index < -0.39 is 0 Å². The lowest BCUT2D eigenvalue weighted by Crippen LogP contribution is -2.46. The fourth-order valence-electron chi connectivity index (χ4n) is 3.29. The van der Waals surface area contributed by atoms with Crippen molar-refractivity contribution in [3.8, 4) is 0 Å². The SMILES string of the molecule is C=C(C=CC=CC)C(CN1CCC(N)C1)N(C)C(=O)Cc1ccc(Cl)c(Cl)c1. The van der Waals surface area contributed by atoms with Crippen molar-refractivity contribution >= 4 is 29.1 Å². The van der Waals surface area contributed by atoms with Crippen molar-refractivity contribution in [2.45, 2.75) is 31.8 Å². The van der Waals surface area contributed by atoms with Crippen LogP contribution in [-0.4, -0.2) is 54.5 Å². The molecule has 1 aromatic rings. The highest BCUT2D eigenvalue weighted by Gasteiger charge is 2.27. The van der Waals surface area contributed by atoms with Gasteiger partial charge in [0.1, 0.15) is 0 Å². The number of carbonyl (C=O) groups excluding carboxylic acids is 1. The van der Waals surface area contributed by atoms with E-state index in [4.69, 9.17) is 28.9 Å². The molecule has 2 N–H and O–H groups in total. The number of halogens is 2. The van der Waals surface area contributed by atoms with Crippen molar-refractivity contribution in [1.82, 2.24) is 9.80 Å². The summed E-state index contributed by atoms with van der Waals surface area (Å²) in [5, 5.41) is 0.938. The zero-order valence-corrected chi connectivity index (χ0v) is 18.1. The van der Waals surface area contributed by atoms with E-state index in [1.54, 1.807) is 17.0 Å². The van der Waals surface area contributed by atoms with E-state index in [1.807, 2.05) is 44.3 Å². The second-order valence-electron chi connectivity index (χ2n) is 7.21. The minimum atomic E-state index is -0.123. The Labute approximate surface area is 178 Å². The Morgan fingerprint density at radius 2 is 2.14 bits per heavy atom. The molecular formula is C22H29Cl2N3O. The number of hydrogen-bond donors (Lipinski definition) is 1. The van der Waals surface area contributed by atoms with Crippen LogP contribution < -0.4 is 5.73 Å². The van der Waals surface area contributed by atoms with Gasteiger partial charge < -0.3 is 10.6 Å². The van der Waals surface area contributed by atoms with E-state index in [0.29, 0.717) is 10.0 Å². The molecular weight excluding hydrogens is 393 g/mol. The van der Waals surface area contributed by atoms with Crippen LogP contribution in [0.5, 0.6) is 0 Å². The predicted molar refractivity (Wildman–Crippen MR) is 119 cm³/mol. The molecule has 0 radical (unpaired) electrons. The normalized spacial score (nSPS) is 18.8. The van der Waals surface area contributed by atoms with Gasteiger partial charge in [-0.2, -0.15) is 0 Å². The summed E-state index contributed by atoms with van der Waals surface area (Å²) in [6.07, 6.45) is 9.05. The molecule has 0 aliphatic carbocycles. The van der Waals surface area contributed by atoms with Gasteiger partial charge in [0.05, 0.1) is 22.5 Å². The van der Waals surface area contributed by atoms with E-state index in [0.717, 1.165) is 37.2 Å². The lowest BCUT2D eigenvalue weighted by atomic mass is 10.0. The van der Waals surface area contributed by atoms with Gasteiger partial charge >= 0.3 is 0 Å². The highest BCUT2D eigenvalue weighted by molar-refractivity contribution is 6.42. The van der Waals surface area contributed by atoms with Crippen LogP contribution in [0.2, 0.25) is 10.0 Å². The van der Waals surface area contributed by atoms with Crippen LogP contribution in [0.1, 0.15) is 18.9 Å². The Morgan fingerprint density at radius 3 is 2.75 bits per heavy atom. The number of likely N-dealkylation sites (tertiary alicyclic amines) is 1. The smallest absolute Gasteiger partial charge is 0.227 e. The van der Waals surface area contributed by atoms with Gasteiger partial charge in [0, 0.05) is 26.2 Å². The lowest BCUT2D eigenvalue weighted by Gasteiger charge is -2.32. The molecule has 4 nitrogen and oxygen atoms in total. The van der Waals surface area contributed by atoms with Gasteiger partial charge in [-0.3, -0.25) is 9.69 Å². The summed E-state index contributed by atoms with van der Waals surface area (Å²) in [5.74, 6) is 0.00691. The molecule has 0 bridgehead atoms. The summed E-state index contributed by atoms with van der Waals surface area (Å²) in [6.45, 7) is 8.68. The zero-order chi connectivity index (χ0) is 20.7. The first-order valence-corrected chi connectivity index (χ1v) is 10.2. The van der Waals surface area contributed by atoms with Gasteiger partial charge in [0.25, 0.3) is 0 Å². The molecule has 1 aliphatic rings. The standard InChI is InChI=1S/C22H29Cl2N3O/c1-4-5-6-7-16(2)21(15-27-11-10-18(25)14-27)26(3)22(28)13-17-8-9-19(23)20(24)12-17/h4-9,12,18,21H,2,10-11,13-15,25H2,1,3H3. The Kier molecular flexibility index (Phi) is 8.77. The van der Waals surface area contributed by atoms with Crippen molar-refractivity contribution in [2.24, 2.45) is 5.73 Å². The summed E-state index contributed by atoms with van der Waals surface area (Å²) < 4.78 is 0. The van der Waals surface area contributed by atoms with E-state index in [1.165, 1.54) is 0 Å². The molecule has 0 spiro atoms. The average Bonchev–Trinajstić information content (AvgIpc) is 3.07. The monoisotopic (exact) mass is 421 g/mol. The number of nitrogens with two attached hydrogens (primary N) is 1. The van der Waals surface area contributed by atoms with Crippen molar-refractivity contribution in [2.75, 3.05) is 26.7 Å². The summed E-state index contributed by atoms with van der Waals surface area (Å²) in [5.41, 5.74) is 7.78. The fourth-order valence-corrected chi connectivity index (χ4v) is 3.61. The molecule has 1 heterocycles. The van der Waals surface area contributed by atoms with E-state index in [9.17, 15) is 4.79 Å². The van der Waals surface area contributed by atoms with Crippen LogP contribution in [0.4, 0.5) is 0 Å². The minimum absolute atomic E-state index is 0.00691. The summed E-state index contributed by atoms with van der Waals surface area (Å²) in [4.78, 5) is 17.0. The van der Waals surface area contributed by atoms with Crippen molar-refractivity contribution < 1.29 is 4.79 Å². The van der Waals surface area contributed by atoms with Gasteiger partial charge in [-0.1, -0.05) is 60.2 Å². The van der Waals surface area contributed by atoms with Gasteiger partial charge in [-0.05, 0) is 43.2 Å². The van der Waals surface area contributed by atoms with Gasteiger partial charge in [0.2, 0.25) is 5.91 Å². The molecule has 1 saturated heterocycles. The van der Waals surface area contributed by atoms with Crippen LogP contribution in [-0.2, 0) is 11.2 Å². The van der Waals surface area contributed by atoms with Gasteiger partial charge in [0.15, 0.2) is 0 Å². The number of carbonyl (C=O) groups is 1. The maximum Gasteiger partial charge on any atom is 0.227 e. The maximum absolute atomic E-state index is 13.0. The Morgan fingerprint density at radius 1 is 1.39 bits per heavy atom. The van der Waals surface area contributed by atoms with E-state index in [2.05, 4.69) is 11.5 Å². The average molecular weight is 422 g/mol. The number of hydrogen-bond acceptors (Lipinski definition) is 3. The van der Waals surface area contributed by atoms with Crippen LogP contribution in [0.25, 0.3) is 0 Å². The van der Waals surface area contributed by atoms with E-state index in [-0.39, 0.29) is 24.4 Å². The highest BCUT2D eigenvalue weighted by atomic mass is 35.5. The molecule has 2 atom stereocenters. The van der Waals surface area contributed by atoms with Crippen LogP contribution in [0.15, 0.2) is 54.7 Å². The quantitative estimate of drug-likeness (QED) is 0.643. The Bertz CT molecular complexity index is 760. The summed E-state index contributed by atoms with van der Waals surface area (Å²) in [7, 11) is 1.83. The van der Waals surface area contributed by atoms with E-state index >= 15 is 0 Å². The molecule has 0 saturated carbocycles. The molecule has 1 aromatic carbocycles. The molecule has 0 aromatic heterocycles. The largest absolute Gasteiger partial charge is 0.337 e. The second-order valence-corrected chi connectivity index (χ2v) is 8.03. The molecule has 1 fully saturated rings. The van der Waals surface area contributed by atoms with Crippen LogP contribution in [0, 0.1) is 0 Å². The first kappa shape index (κ1) is 22.7. The highest BCUT2D eigenvalue weighted by Crippen LogP contribution is 2.23. The molecule has 2 unspecified atom stereocenters. The number of likely N-dealkylation sites (N-methyl/N-ethyl adjacent to an activating group) is 1. The van der Waals surface area contributed by atoms with Crippen molar-refractivity contribution in [3.05, 3.63) is 70.3 Å². The first-order chi connectivity index (χ1) is 13.3. The van der Waals surface area contributed by atoms with Gasteiger partial charge in [-0.25, -0.2) is 0 Å². The lowest BCUT2D eigenvalue weighted by molar-refractivity contribution is -0.130. The third-order valence-corrected chi connectivity index (χ3v) is 5.72. The third-order valence-electron chi connectivity index (χ3n) is 4.98. The van der Waals surface area contributed by atoms with Crippen molar-refractivity contribution in [3.63, 3.8) is 0 Å². The molecule has 1 aliphatic heterocycles. The number of nitrogens with zero attached hydrogens (tertiary/aromatic N) is 2. The topological polar surface area (TPSA) is 49.6 Å². The third kappa shape index (κ3) is 6.49. The molecule has 1 amide bonds. The number of benzene rings is 1. The van der Waals surface area contributed by atoms with Crippen LogP contribution in [0.3, 0.4) is 0 Å². The Balaban J connectivity index is 2.13. The zero-order valence-electron chi connectivity index (χ0n) is 16.6. The summed E-state index contributed by atoms with van der Waals surface area (Å²) in [6, 6.07) is 5.36. The molecule has 6 heteroatoms.